The number of hydrogen-bond acceptors (Lipinski definition) is 3. The average Bonchev–Trinajstić information content (AvgIpc) is 2.51. The molecule has 0 aliphatic carbocycles. The topological polar surface area (TPSA) is 47.6 Å². The Morgan fingerprint density at radius 3 is 2.59 bits per heavy atom. The van der Waals surface area contributed by atoms with Crippen LogP contribution >= 0.6 is 23.2 Å². The molecule has 2 rings (SSSR count). The molecule has 0 saturated heterocycles. The fraction of sp³-hybridized carbons (Fsp3) is 0.188. The Balaban J connectivity index is 1.82. The summed E-state index contributed by atoms with van der Waals surface area (Å²) in [5, 5.41) is 0.845. The molecule has 1 amide bonds. The lowest BCUT2D eigenvalue weighted by atomic mass is 10.2. The van der Waals surface area contributed by atoms with Crippen molar-refractivity contribution < 1.29 is 14.4 Å². The van der Waals surface area contributed by atoms with Crippen molar-refractivity contribution in [3.8, 4) is 5.75 Å². The number of nitrogens with one attached hydrogen (secondary N) is 1. The van der Waals surface area contributed by atoms with Crippen molar-refractivity contribution in [1.82, 2.24) is 5.48 Å². The van der Waals surface area contributed by atoms with Crippen LogP contribution in [0.15, 0.2) is 48.5 Å². The third-order valence-electron chi connectivity index (χ3n) is 2.82. The highest BCUT2D eigenvalue weighted by molar-refractivity contribution is 6.35. The van der Waals surface area contributed by atoms with Crippen molar-refractivity contribution in [1.29, 1.82) is 0 Å². The lowest BCUT2D eigenvalue weighted by Crippen LogP contribution is -2.36. The molecule has 2 aromatic carbocycles. The van der Waals surface area contributed by atoms with Gasteiger partial charge in [-0.1, -0.05) is 53.5 Å². The molecule has 0 fully saturated rings. The van der Waals surface area contributed by atoms with E-state index in [9.17, 15) is 4.79 Å². The largest absolute Gasteiger partial charge is 0.479 e. The summed E-state index contributed by atoms with van der Waals surface area (Å²) in [4.78, 5) is 17.0. The summed E-state index contributed by atoms with van der Waals surface area (Å²) in [5.74, 6) is -0.0151. The van der Waals surface area contributed by atoms with E-state index >= 15 is 0 Å². The van der Waals surface area contributed by atoms with Crippen LogP contribution in [0.1, 0.15) is 12.5 Å². The van der Waals surface area contributed by atoms with E-state index in [2.05, 4.69) is 5.48 Å². The Kier molecular flexibility index (Phi) is 6.07. The molecule has 4 nitrogen and oxygen atoms in total. The zero-order valence-corrected chi connectivity index (χ0v) is 13.4. The minimum atomic E-state index is -0.755. The number of ether oxygens (including phenoxy) is 1. The minimum absolute atomic E-state index is 0.279. The molecule has 1 unspecified atom stereocenters. The van der Waals surface area contributed by atoms with Gasteiger partial charge in [-0.05, 0) is 30.7 Å². The molecule has 0 spiro atoms. The van der Waals surface area contributed by atoms with Crippen molar-refractivity contribution in [3.05, 3.63) is 64.1 Å². The van der Waals surface area contributed by atoms with Gasteiger partial charge in [-0.25, -0.2) is 5.48 Å². The van der Waals surface area contributed by atoms with Gasteiger partial charge in [0.2, 0.25) is 0 Å². The van der Waals surface area contributed by atoms with E-state index in [0.717, 1.165) is 5.56 Å². The number of hydroxylamine groups is 1. The van der Waals surface area contributed by atoms with Crippen molar-refractivity contribution >= 4 is 29.1 Å². The first-order valence-corrected chi connectivity index (χ1v) is 7.39. The molecule has 0 radical (unpaired) electrons. The van der Waals surface area contributed by atoms with Crippen LogP contribution in [0.25, 0.3) is 0 Å². The number of halogens is 2. The zero-order chi connectivity index (χ0) is 15.9. The van der Waals surface area contributed by atoms with Crippen LogP contribution in [-0.4, -0.2) is 12.0 Å². The third kappa shape index (κ3) is 4.91. The number of carbonyl (C=O) groups excluding carboxylic acids is 1. The predicted octanol–water partition coefficient (Wildman–Crippen LogP) is 4.01. The van der Waals surface area contributed by atoms with Gasteiger partial charge in [0.05, 0.1) is 11.6 Å². The summed E-state index contributed by atoms with van der Waals surface area (Å²) in [7, 11) is 0. The lowest BCUT2D eigenvalue weighted by molar-refractivity contribution is -0.141. The molecule has 6 heteroatoms. The normalized spacial score (nSPS) is 11.8. The number of benzene rings is 2. The van der Waals surface area contributed by atoms with Crippen LogP contribution < -0.4 is 10.2 Å². The number of amides is 1. The molecule has 2 aromatic rings. The molecule has 0 aliphatic heterocycles. The summed E-state index contributed by atoms with van der Waals surface area (Å²) < 4.78 is 5.48. The highest BCUT2D eigenvalue weighted by Gasteiger charge is 2.16. The Morgan fingerprint density at radius 2 is 1.91 bits per heavy atom. The van der Waals surface area contributed by atoms with E-state index in [1.54, 1.807) is 25.1 Å². The maximum Gasteiger partial charge on any atom is 0.284 e. The quantitative estimate of drug-likeness (QED) is 0.809. The van der Waals surface area contributed by atoms with E-state index in [-0.39, 0.29) is 6.61 Å². The van der Waals surface area contributed by atoms with Crippen LogP contribution in [0.5, 0.6) is 5.75 Å². The first-order valence-electron chi connectivity index (χ1n) is 6.63. The van der Waals surface area contributed by atoms with Gasteiger partial charge in [-0.3, -0.25) is 9.63 Å². The first kappa shape index (κ1) is 16.6. The summed E-state index contributed by atoms with van der Waals surface area (Å²) in [5.41, 5.74) is 3.30. The smallest absolute Gasteiger partial charge is 0.284 e. The second kappa shape index (κ2) is 8.03. The summed E-state index contributed by atoms with van der Waals surface area (Å²) >= 11 is 11.8. The molecular weight excluding hydrogens is 325 g/mol. The highest BCUT2D eigenvalue weighted by Crippen LogP contribution is 2.28. The van der Waals surface area contributed by atoms with E-state index < -0.39 is 12.0 Å². The Morgan fingerprint density at radius 1 is 1.18 bits per heavy atom. The van der Waals surface area contributed by atoms with Gasteiger partial charge in [0, 0.05) is 5.02 Å². The average molecular weight is 340 g/mol. The van der Waals surface area contributed by atoms with Gasteiger partial charge < -0.3 is 4.74 Å². The molecule has 1 atom stereocenters. The Bertz CT molecular complexity index is 635. The highest BCUT2D eigenvalue weighted by atomic mass is 35.5. The van der Waals surface area contributed by atoms with Crippen LogP contribution in [0.2, 0.25) is 10.0 Å². The van der Waals surface area contributed by atoms with Crippen LogP contribution in [0.3, 0.4) is 0 Å². The third-order valence-corrected chi connectivity index (χ3v) is 3.35. The maximum atomic E-state index is 11.9. The Labute approximate surface area is 138 Å². The molecule has 0 aromatic heterocycles. The summed E-state index contributed by atoms with van der Waals surface area (Å²) in [6.45, 7) is 1.88. The lowest BCUT2D eigenvalue weighted by Gasteiger charge is -2.15. The number of hydrogen-bond donors (Lipinski definition) is 1. The fourth-order valence-corrected chi connectivity index (χ4v) is 2.12. The van der Waals surface area contributed by atoms with E-state index in [1.165, 1.54) is 0 Å². The molecule has 0 heterocycles. The number of carbonyl (C=O) groups is 1. The molecule has 1 N–H and O–H groups in total. The van der Waals surface area contributed by atoms with Gasteiger partial charge >= 0.3 is 0 Å². The summed E-state index contributed by atoms with van der Waals surface area (Å²) in [6, 6.07) is 14.3. The van der Waals surface area contributed by atoms with E-state index in [1.807, 2.05) is 30.3 Å². The van der Waals surface area contributed by atoms with E-state index in [4.69, 9.17) is 32.8 Å². The molecule has 116 valence electrons. The van der Waals surface area contributed by atoms with Gasteiger partial charge in [0.1, 0.15) is 5.75 Å². The van der Waals surface area contributed by atoms with Crippen LogP contribution in [0.4, 0.5) is 0 Å². The van der Waals surface area contributed by atoms with Crippen molar-refractivity contribution in [3.63, 3.8) is 0 Å². The van der Waals surface area contributed by atoms with Crippen LogP contribution in [0, 0.1) is 0 Å². The van der Waals surface area contributed by atoms with Crippen LogP contribution in [-0.2, 0) is 16.2 Å². The minimum Gasteiger partial charge on any atom is -0.479 e. The fourth-order valence-electron chi connectivity index (χ4n) is 1.66. The second-order valence-corrected chi connectivity index (χ2v) is 5.42. The van der Waals surface area contributed by atoms with Crippen molar-refractivity contribution in [2.45, 2.75) is 19.6 Å². The number of rotatable bonds is 6. The van der Waals surface area contributed by atoms with Gasteiger partial charge in [0.15, 0.2) is 6.10 Å². The predicted molar refractivity (Wildman–Crippen MR) is 85.9 cm³/mol. The molecule has 22 heavy (non-hydrogen) atoms. The molecule has 0 bridgehead atoms. The molecule has 0 saturated carbocycles. The Hall–Kier alpha value is -1.75. The van der Waals surface area contributed by atoms with E-state index in [0.29, 0.717) is 15.8 Å². The van der Waals surface area contributed by atoms with Crippen molar-refractivity contribution in [2.24, 2.45) is 0 Å². The summed E-state index contributed by atoms with van der Waals surface area (Å²) in [6.07, 6.45) is -0.755. The SMILES string of the molecule is CC(Oc1ccc(Cl)cc1Cl)C(=O)NOCc1ccccc1. The monoisotopic (exact) mass is 339 g/mol. The first-order chi connectivity index (χ1) is 10.6. The van der Waals surface area contributed by atoms with Gasteiger partial charge in [-0.2, -0.15) is 0 Å². The van der Waals surface area contributed by atoms with Crippen molar-refractivity contribution in [2.75, 3.05) is 0 Å². The standard InChI is InChI=1S/C16H15Cl2NO3/c1-11(22-15-8-7-13(17)9-14(15)18)16(20)19-21-10-12-5-3-2-4-6-12/h2-9,11H,10H2,1H3,(H,19,20). The molecule has 0 aliphatic rings. The van der Waals surface area contributed by atoms with Gasteiger partial charge in [-0.15, -0.1) is 0 Å². The zero-order valence-electron chi connectivity index (χ0n) is 11.9. The second-order valence-electron chi connectivity index (χ2n) is 4.58. The maximum absolute atomic E-state index is 11.9. The molecular formula is C16H15Cl2NO3. The van der Waals surface area contributed by atoms with Gasteiger partial charge in [0.25, 0.3) is 5.91 Å².